The van der Waals surface area contributed by atoms with E-state index in [9.17, 15) is 18.0 Å². The molecule has 0 bridgehead atoms. The van der Waals surface area contributed by atoms with Gasteiger partial charge in [-0.2, -0.15) is 0 Å². The molecular formula is C36H40ClN3O5S. The second-order valence-corrected chi connectivity index (χ2v) is 13.5. The largest absolute Gasteiger partial charge is 0.497 e. The van der Waals surface area contributed by atoms with Crippen LogP contribution in [0.1, 0.15) is 37.0 Å². The molecule has 2 atom stereocenters. The summed E-state index contributed by atoms with van der Waals surface area (Å²) in [6.07, 6.45) is 0.935. The lowest BCUT2D eigenvalue weighted by atomic mass is 10.0. The lowest BCUT2D eigenvalue weighted by Gasteiger charge is -2.34. The SMILES string of the molecule is CCC(C)NC(=O)C(Cc1ccccc1)N(Cc1ccc(Cl)cc1)C(=O)CN(c1ccc(OC)cc1)S(=O)(=O)c1ccc(C)cc1. The minimum atomic E-state index is -4.20. The number of nitrogens with zero attached hydrogens (tertiary/aromatic N) is 2. The monoisotopic (exact) mass is 661 g/mol. The summed E-state index contributed by atoms with van der Waals surface area (Å²) in [5, 5.41) is 3.57. The Labute approximate surface area is 277 Å². The number of anilines is 1. The summed E-state index contributed by atoms with van der Waals surface area (Å²) < 4.78 is 34.7. The van der Waals surface area contributed by atoms with Crippen LogP contribution < -0.4 is 14.4 Å². The Balaban J connectivity index is 1.80. The van der Waals surface area contributed by atoms with E-state index < -0.39 is 28.5 Å². The van der Waals surface area contributed by atoms with Crippen molar-refractivity contribution >= 4 is 39.1 Å². The molecule has 0 heterocycles. The fourth-order valence-electron chi connectivity index (χ4n) is 4.90. The summed E-state index contributed by atoms with van der Waals surface area (Å²) in [5.74, 6) is -0.323. The Morgan fingerprint density at radius 3 is 2.09 bits per heavy atom. The number of hydrogen-bond acceptors (Lipinski definition) is 5. The van der Waals surface area contributed by atoms with E-state index in [2.05, 4.69) is 5.32 Å². The standard InChI is InChI=1S/C36H40ClN3O5S/c1-5-27(3)38-36(42)34(23-28-9-7-6-8-10-28)39(24-29-13-15-30(37)16-14-29)35(41)25-40(31-17-19-32(45-4)20-18-31)46(43,44)33-21-11-26(2)12-22-33/h6-22,27,34H,5,23-25H2,1-4H3,(H,38,42). The molecule has 46 heavy (non-hydrogen) atoms. The van der Waals surface area contributed by atoms with Crippen LogP contribution in [0.5, 0.6) is 5.75 Å². The first-order valence-corrected chi connectivity index (χ1v) is 16.9. The summed E-state index contributed by atoms with van der Waals surface area (Å²) in [6.45, 7) is 5.26. The highest BCUT2D eigenvalue weighted by molar-refractivity contribution is 7.92. The van der Waals surface area contributed by atoms with Crippen molar-refractivity contribution in [3.63, 3.8) is 0 Å². The molecule has 10 heteroatoms. The van der Waals surface area contributed by atoms with Gasteiger partial charge in [0.1, 0.15) is 18.3 Å². The molecule has 1 N–H and O–H groups in total. The molecule has 0 saturated carbocycles. The van der Waals surface area contributed by atoms with Gasteiger partial charge in [-0.25, -0.2) is 8.42 Å². The van der Waals surface area contributed by atoms with Gasteiger partial charge in [0.05, 0.1) is 17.7 Å². The summed E-state index contributed by atoms with van der Waals surface area (Å²) in [6, 6.07) is 28.3. The molecule has 0 aromatic heterocycles. The molecule has 0 aliphatic heterocycles. The first-order chi connectivity index (χ1) is 22.0. The van der Waals surface area contributed by atoms with Crippen LogP contribution in [0.3, 0.4) is 0 Å². The minimum absolute atomic E-state index is 0.0429. The van der Waals surface area contributed by atoms with Crippen molar-refractivity contribution < 1.29 is 22.7 Å². The molecule has 2 unspecified atom stereocenters. The predicted molar refractivity (Wildman–Crippen MR) is 183 cm³/mol. The van der Waals surface area contributed by atoms with E-state index in [1.54, 1.807) is 60.7 Å². The van der Waals surface area contributed by atoms with Crippen LogP contribution >= 0.6 is 11.6 Å². The van der Waals surface area contributed by atoms with Gasteiger partial charge in [0.15, 0.2) is 0 Å². The summed E-state index contributed by atoms with van der Waals surface area (Å²) in [5.41, 5.74) is 2.78. The molecule has 4 aromatic rings. The number of ether oxygens (including phenoxy) is 1. The molecular weight excluding hydrogens is 622 g/mol. The maximum absolute atomic E-state index is 14.5. The average Bonchev–Trinajstić information content (AvgIpc) is 3.06. The molecule has 0 fully saturated rings. The number of rotatable bonds is 14. The predicted octanol–water partition coefficient (Wildman–Crippen LogP) is 6.41. The second kappa shape index (κ2) is 15.8. The lowest BCUT2D eigenvalue weighted by molar-refractivity contribution is -0.140. The quantitative estimate of drug-likeness (QED) is 0.169. The summed E-state index contributed by atoms with van der Waals surface area (Å²) >= 11 is 6.15. The molecule has 2 amide bonds. The molecule has 0 radical (unpaired) electrons. The van der Waals surface area contributed by atoms with Crippen molar-refractivity contribution in [2.75, 3.05) is 18.0 Å². The van der Waals surface area contributed by atoms with Gasteiger partial charge < -0.3 is 15.0 Å². The van der Waals surface area contributed by atoms with Crippen LogP contribution in [0, 0.1) is 6.92 Å². The molecule has 0 saturated heterocycles. The summed E-state index contributed by atoms with van der Waals surface area (Å²) in [7, 11) is -2.68. The van der Waals surface area contributed by atoms with Crippen molar-refractivity contribution in [2.24, 2.45) is 0 Å². The van der Waals surface area contributed by atoms with E-state index in [-0.39, 0.29) is 35.5 Å². The number of benzene rings is 4. The zero-order valence-electron chi connectivity index (χ0n) is 26.5. The minimum Gasteiger partial charge on any atom is -0.497 e. The van der Waals surface area contributed by atoms with Crippen LogP contribution in [0.15, 0.2) is 108 Å². The highest BCUT2D eigenvalue weighted by atomic mass is 35.5. The zero-order chi connectivity index (χ0) is 33.3. The van der Waals surface area contributed by atoms with E-state index in [0.717, 1.165) is 21.0 Å². The van der Waals surface area contributed by atoms with Crippen LogP contribution in [0.2, 0.25) is 5.02 Å². The maximum Gasteiger partial charge on any atom is 0.264 e. The van der Waals surface area contributed by atoms with Gasteiger partial charge in [-0.3, -0.25) is 13.9 Å². The van der Waals surface area contributed by atoms with Gasteiger partial charge in [0, 0.05) is 24.0 Å². The van der Waals surface area contributed by atoms with E-state index >= 15 is 0 Å². The van der Waals surface area contributed by atoms with Gasteiger partial charge in [0.2, 0.25) is 11.8 Å². The van der Waals surface area contributed by atoms with Gasteiger partial charge in [0.25, 0.3) is 10.0 Å². The van der Waals surface area contributed by atoms with Gasteiger partial charge in [-0.15, -0.1) is 0 Å². The van der Waals surface area contributed by atoms with E-state index in [1.165, 1.54) is 24.1 Å². The lowest BCUT2D eigenvalue weighted by Crippen LogP contribution is -2.54. The number of aryl methyl sites for hydroxylation is 1. The Bertz CT molecular complexity index is 1700. The number of nitrogens with one attached hydrogen (secondary N) is 1. The molecule has 4 rings (SSSR count). The zero-order valence-corrected chi connectivity index (χ0v) is 28.1. The Hall–Kier alpha value is -4.34. The fourth-order valence-corrected chi connectivity index (χ4v) is 6.44. The average molecular weight is 662 g/mol. The van der Waals surface area contributed by atoms with Crippen molar-refractivity contribution in [3.05, 3.63) is 125 Å². The van der Waals surface area contributed by atoms with Crippen molar-refractivity contribution in [1.29, 1.82) is 0 Å². The van der Waals surface area contributed by atoms with Gasteiger partial charge in [-0.1, -0.05) is 78.7 Å². The second-order valence-electron chi connectivity index (χ2n) is 11.2. The Kier molecular flexibility index (Phi) is 11.8. The van der Waals surface area contributed by atoms with Crippen molar-refractivity contribution in [2.45, 2.75) is 57.1 Å². The fraction of sp³-hybridized carbons (Fsp3) is 0.278. The number of methoxy groups -OCH3 is 1. The molecule has 0 aliphatic carbocycles. The van der Waals surface area contributed by atoms with Gasteiger partial charge in [-0.05, 0) is 79.9 Å². The topological polar surface area (TPSA) is 96.0 Å². The smallest absolute Gasteiger partial charge is 0.264 e. The third kappa shape index (κ3) is 8.89. The first-order valence-electron chi connectivity index (χ1n) is 15.1. The van der Waals surface area contributed by atoms with Crippen LogP contribution in [0.4, 0.5) is 5.69 Å². The normalized spacial score (nSPS) is 12.5. The van der Waals surface area contributed by atoms with Gasteiger partial charge >= 0.3 is 0 Å². The number of halogens is 1. The molecule has 242 valence electrons. The molecule has 0 aliphatic rings. The van der Waals surface area contributed by atoms with Crippen molar-refractivity contribution in [1.82, 2.24) is 10.2 Å². The third-order valence-corrected chi connectivity index (χ3v) is 9.83. The van der Waals surface area contributed by atoms with E-state index in [1.807, 2.05) is 51.1 Å². The maximum atomic E-state index is 14.5. The van der Waals surface area contributed by atoms with E-state index in [4.69, 9.17) is 16.3 Å². The molecule has 8 nitrogen and oxygen atoms in total. The number of amides is 2. The molecule has 4 aromatic carbocycles. The van der Waals surface area contributed by atoms with E-state index in [0.29, 0.717) is 17.2 Å². The first kappa shape index (κ1) is 34.5. The highest BCUT2D eigenvalue weighted by Crippen LogP contribution is 2.27. The van der Waals surface area contributed by atoms with Crippen LogP contribution in [-0.2, 0) is 32.6 Å². The Morgan fingerprint density at radius 2 is 1.50 bits per heavy atom. The van der Waals surface area contributed by atoms with Crippen molar-refractivity contribution in [3.8, 4) is 5.75 Å². The number of sulfonamides is 1. The highest BCUT2D eigenvalue weighted by Gasteiger charge is 2.35. The summed E-state index contributed by atoms with van der Waals surface area (Å²) in [4.78, 5) is 30.0. The number of carbonyl (C=O) groups excluding carboxylic acids is 2. The van der Waals surface area contributed by atoms with Crippen LogP contribution in [-0.4, -0.2) is 50.9 Å². The number of hydrogen-bond donors (Lipinski definition) is 1. The van der Waals surface area contributed by atoms with Crippen LogP contribution in [0.25, 0.3) is 0 Å². The Morgan fingerprint density at radius 1 is 0.870 bits per heavy atom. The third-order valence-electron chi connectivity index (χ3n) is 7.79. The molecule has 0 spiro atoms. The number of carbonyl (C=O) groups is 2.